The van der Waals surface area contributed by atoms with Crippen molar-refractivity contribution < 1.29 is 0 Å². The molecule has 0 nitrogen and oxygen atoms in total. The minimum absolute atomic E-state index is 0.829. The molecule has 0 heteroatoms. The summed E-state index contributed by atoms with van der Waals surface area (Å²) in [4.78, 5) is 0. The molecule has 62 heavy (non-hydrogen) atoms. The highest BCUT2D eigenvalue weighted by Crippen LogP contribution is 2.43. The van der Waals surface area contributed by atoms with Crippen LogP contribution in [0, 0.1) is 29.6 Å². The topological polar surface area (TPSA) is 0 Å². The molecule has 4 fully saturated rings. The van der Waals surface area contributed by atoms with E-state index in [-0.39, 0.29) is 0 Å². The smallest absolute Gasteiger partial charge is 0.0162 e. The van der Waals surface area contributed by atoms with Crippen LogP contribution in [-0.4, -0.2) is 0 Å². The van der Waals surface area contributed by atoms with Crippen molar-refractivity contribution in [2.24, 2.45) is 29.6 Å². The Balaban J connectivity index is 0.000000235. The summed E-state index contributed by atoms with van der Waals surface area (Å²) in [5, 5.41) is 0. The summed E-state index contributed by atoms with van der Waals surface area (Å²) in [7, 11) is 0. The fourth-order valence-corrected chi connectivity index (χ4v) is 13.0. The standard InChI is InChI=1S/C32H54.C30H50/c1-3-5-7-9-11-13-27-15-19-29(20-16-27)31-23-25-32(26-24-31)30-21-17-28(18-22-30)14-12-10-8-6-4-2;1-4-6-7-8-9-10-25-11-15-27(16-12-25)29-19-21-30(22-20-29)28-17-13-26(14-18-28)23-24(3)5-2/h23-30H,3-22H2,1-2H3;19-22,24-28H,4-18,23H2,1-3H3/t27-,28-,29-,30-;24?,25-,26-,27-,28-. The van der Waals surface area contributed by atoms with Crippen LogP contribution in [0.1, 0.15) is 312 Å². The lowest BCUT2D eigenvalue weighted by atomic mass is 9.74. The molecule has 0 aliphatic heterocycles. The Morgan fingerprint density at radius 2 is 0.565 bits per heavy atom. The van der Waals surface area contributed by atoms with Gasteiger partial charge in [0.15, 0.2) is 0 Å². The second-order valence-corrected chi connectivity index (χ2v) is 22.6. The van der Waals surface area contributed by atoms with Crippen LogP contribution in [0.3, 0.4) is 0 Å². The minimum Gasteiger partial charge on any atom is -0.0654 e. The zero-order valence-electron chi connectivity index (χ0n) is 42.3. The van der Waals surface area contributed by atoms with E-state index < -0.39 is 0 Å². The van der Waals surface area contributed by atoms with Crippen LogP contribution in [0.15, 0.2) is 48.5 Å². The molecule has 0 bridgehead atoms. The predicted octanol–water partition coefficient (Wildman–Crippen LogP) is 21.0. The molecule has 4 aliphatic rings. The monoisotopic (exact) mass is 849 g/mol. The summed E-state index contributed by atoms with van der Waals surface area (Å²) in [6.07, 6.45) is 52.1. The summed E-state index contributed by atoms with van der Waals surface area (Å²) >= 11 is 0. The van der Waals surface area contributed by atoms with Gasteiger partial charge in [0, 0.05) is 0 Å². The molecule has 0 saturated heterocycles. The van der Waals surface area contributed by atoms with E-state index in [0.717, 1.165) is 53.3 Å². The molecule has 0 amide bonds. The molecule has 0 spiro atoms. The largest absolute Gasteiger partial charge is 0.0654 e. The zero-order valence-corrected chi connectivity index (χ0v) is 42.3. The van der Waals surface area contributed by atoms with Gasteiger partial charge in [-0.25, -0.2) is 0 Å². The first kappa shape index (κ1) is 51.4. The van der Waals surface area contributed by atoms with Crippen molar-refractivity contribution in [2.75, 3.05) is 0 Å². The van der Waals surface area contributed by atoms with E-state index in [1.165, 1.54) is 231 Å². The van der Waals surface area contributed by atoms with Crippen LogP contribution in [0.25, 0.3) is 0 Å². The molecule has 0 aromatic heterocycles. The first-order chi connectivity index (χ1) is 30.5. The van der Waals surface area contributed by atoms with Crippen molar-refractivity contribution in [3.05, 3.63) is 70.8 Å². The number of hydrogen-bond donors (Lipinski definition) is 0. The van der Waals surface area contributed by atoms with Crippen molar-refractivity contribution in [1.82, 2.24) is 0 Å². The average molecular weight is 850 g/mol. The highest BCUT2D eigenvalue weighted by atomic mass is 14.3. The van der Waals surface area contributed by atoms with Crippen LogP contribution < -0.4 is 0 Å². The normalized spacial score (nSPS) is 27.3. The molecule has 2 aromatic rings. The van der Waals surface area contributed by atoms with E-state index in [1.54, 1.807) is 22.3 Å². The van der Waals surface area contributed by atoms with Gasteiger partial charge in [-0.05, 0) is 185 Å². The van der Waals surface area contributed by atoms with E-state index in [2.05, 4.69) is 83.1 Å². The number of benzene rings is 2. The molecule has 4 aliphatic carbocycles. The number of unbranched alkanes of at least 4 members (excludes halogenated alkanes) is 12. The van der Waals surface area contributed by atoms with Gasteiger partial charge in [0.05, 0.1) is 0 Å². The van der Waals surface area contributed by atoms with Crippen molar-refractivity contribution in [3.63, 3.8) is 0 Å². The van der Waals surface area contributed by atoms with Crippen LogP contribution in [0.5, 0.6) is 0 Å². The molecule has 1 unspecified atom stereocenters. The minimum atomic E-state index is 0.829. The van der Waals surface area contributed by atoms with Crippen molar-refractivity contribution in [1.29, 1.82) is 0 Å². The van der Waals surface area contributed by atoms with Crippen LogP contribution in [0.4, 0.5) is 0 Å². The lowest BCUT2D eigenvalue weighted by Gasteiger charge is -2.31. The Hall–Kier alpha value is -1.56. The van der Waals surface area contributed by atoms with Gasteiger partial charge in [-0.3, -0.25) is 0 Å². The van der Waals surface area contributed by atoms with Crippen LogP contribution in [-0.2, 0) is 0 Å². The summed E-state index contributed by atoms with van der Waals surface area (Å²) in [6.45, 7) is 11.7. The molecule has 0 heterocycles. The van der Waals surface area contributed by atoms with Gasteiger partial charge in [0.1, 0.15) is 0 Å². The van der Waals surface area contributed by atoms with Crippen molar-refractivity contribution >= 4 is 0 Å². The molecule has 0 radical (unpaired) electrons. The zero-order chi connectivity index (χ0) is 43.6. The SMILES string of the molecule is CCCCCCC[C@H]1CC[C@H](c2ccc([C@H]3CC[C@H](CC(C)CC)CC3)cc2)CC1.CCCCCCC[C@H]1CC[C@H](c2ccc([C@H]3CC[C@H](CCCCCCC)CC3)cc2)CC1. The van der Waals surface area contributed by atoms with Crippen LogP contribution >= 0.6 is 0 Å². The Kier molecular flexibility index (Phi) is 25.4. The summed E-state index contributed by atoms with van der Waals surface area (Å²) in [6, 6.07) is 20.0. The fraction of sp³-hybridized carbons (Fsp3) is 0.806. The highest BCUT2D eigenvalue weighted by Gasteiger charge is 2.27. The molecule has 0 N–H and O–H groups in total. The predicted molar refractivity (Wildman–Crippen MR) is 276 cm³/mol. The van der Waals surface area contributed by atoms with E-state index in [4.69, 9.17) is 0 Å². The highest BCUT2D eigenvalue weighted by molar-refractivity contribution is 5.29. The first-order valence-electron chi connectivity index (χ1n) is 28.7. The van der Waals surface area contributed by atoms with Gasteiger partial charge in [-0.15, -0.1) is 0 Å². The number of hydrogen-bond acceptors (Lipinski definition) is 0. The Morgan fingerprint density at radius 1 is 0.323 bits per heavy atom. The Bertz CT molecular complexity index is 1280. The first-order valence-corrected chi connectivity index (χ1v) is 28.7. The second kappa shape index (κ2) is 30.6. The van der Waals surface area contributed by atoms with E-state index in [1.807, 2.05) is 0 Å². The fourth-order valence-electron chi connectivity index (χ4n) is 13.0. The third kappa shape index (κ3) is 18.7. The van der Waals surface area contributed by atoms with E-state index in [9.17, 15) is 0 Å². The van der Waals surface area contributed by atoms with Crippen molar-refractivity contribution in [2.45, 2.75) is 289 Å². The molecule has 1 atom stereocenters. The molecule has 4 saturated carbocycles. The van der Waals surface area contributed by atoms with Gasteiger partial charge >= 0.3 is 0 Å². The Labute approximate surface area is 388 Å². The summed E-state index contributed by atoms with van der Waals surface area (Å²) in [5.41, 5.74) is 6.53. The second-order valence-electron chi connectivity index (χ2n) is 22.6. The maximum Gasteiger partial charge on any atom is -0.0162 e. The van der Waals surface area contributed by atoms with Crippen LogP contribution in [0.2, 0.25) is 0 Å². The maximum absolute atomic E-state index is 2.50. The lowest BCUT2D eigenvalue weighted by molar-refractivity contribution is 0.273. The Morgan fingerprint density at radius 3 is 0.806 bits per heavy atom. The van der Waals surface area contributed by atoms with Gasteiger partial charge in [-0.2, -0.15) is 0 Å². The number of rotatable bonds is 25. The maximum atomic E-state index is 2.50. The van der Waals surface area contributed by atoms with Gasteiger partial charge in [0.25, 0.3) is 0 Å². The van der Waals surface area contributed by atoms with E-state index >= 15 is 0 Å². The molecule has 2 aromatic carbocycles. The van der Waals surface area contributed by atoms with Gasteiger partial charge in [-0.1, -0.05) is 205 Å². The summed E-state index contributed by atoms with van der Waals surface area (Å²) in [5.74, 6) is 8.32. The molecular formula is C62H104. The third-order valence-corrected chi connectivity index (χ3v) is 17.7. The van der Waals surface area contributed by atoms with Gasteiger partial charge < -0.3 is 0 Å². The van der Waals surface area contributed by atoms with Gasteiger partial charge in [0.2, 0.25) is 0 Å². The lowest BCUT2D eigenvalue weighted by Crippen LogP contribution is -2.16. The molecule has 352 valence electrons. The average Bonchev–Trinajstić information content (AvgIpc) is 3.32. The summed E-state index contributed by atoms with van der Waals surface area (Å²) < 4.78 is 0. The third-order valence-electron chi connectivity index (χ3n) is 17.7. The molecule has 6 rings (SSSR count). The van der Waals surface area contributed by atoms with Crippen molar-refractivity contribution in [3.8, 4) is 0 Å². The quantitative estimate of drug-likeness (QED) is 0.0873. The molecular weight excluding hydrogens is 745 g/mol. The van der Waals surface area contributed by atoms with E-state index in [0.29, 0.717) is 0 Å².